The number of carbonyl (C=O) groups excluding carboxylic acids is 3. The Bertz CT molecular complexity index is 1950. The van der Waals surface area contributed by atoms with Crippen molar-refractivity contribution in [2.24, 2.45) is 0 Å². The second-order valence-electron chi connectivity index (χ2n) is 10.1. The van der Waals surface area contributed by atoms with Crippen molar-refractivity contribution >= 4 is 58.5 Å². The predicted octanol–water partition coefficient (Wildman–Crippen LogP) is 8.78. The Labute approximate surface area is 281 Å². The smallest absolute Gasteiger partial charge is 0.272 e. The van der Waals surface area contributed by atoms with Crippen LogP contribution in [0.15, 0.2) is 126 Å². The van der Waals surface area contributed by atoms with Crippen LogP contribution in [0.5, 0.6) is 0 Å². The molecule has 0 radical (unpaired) electrons. The van der Waals surface area contributed by atoms with Crippen LogP contribution < -0.4 is 16.0 Å². The minimum atomic E-state index is -1.73. The van der Waals surface area contributed by atoms with Gasteiger partial charge in [0.2, 0.25) is 5.91 Å². The second kappa shape index (κ2) is 15.5. The van der Waals surface area contributed by atoms with Gasteiger partial charge in [0, 0.05) is 27.2 Å². The van der Waals surface area contributed by atoms with Crippen molar-refractivity contribution in [1.29, 1.82) is 0 Å². The summed E-state index contributed by atoms with van der Waals surface area (Å²) in [6.07, 6.45) is 1.50. The van der Waals surface area contributed by atoms with Crippen LogP contribution in [0.3, 0.4) is 0 Å². The lowest BCUT2D eigenvalue weighted by atomic mass is 10.1. The fourth-order valence-corrected chi connectivity index (χ4v) is 5.54. The molecule has 0 aliphatic rings. The average Bonchev–Trinajstić information content (AvgIpc) is 3.10. The number of rotatable bonds is 10. The van der Waals surface area contributed by atoms with E-state index < -0.39 is 51.9 Å². The highest BCUT2D eigenvalue weighted by molar-refractivity contribution is 8.00. The number of nitrogens with one attached hydrogen (secondary N) is 3. The number of hydrogen-bond donors (Lipinski definition) is 3. The van der Waals surface area contributed by atoms with Crippen molar-refractivity contribution in [3.05, 3.63) is 166 Å². The van der Waals surface area contributed by atoms with Crippen LogP contribution in [-0.2, 0) is 9.59 Å². The van der Waals surface area contributed by atoms with E-state index in [2.05, 4.69) is 10.6 Å². The summed E-state index contributed by atoms with van der Waals surface area (Å²) in [6, 6.07) is 29.6. The molecule has 0 spiro atoms. The van der Waals surface area contributed by atoms with Gasteiger partial charge in [0.05, 0.1) is 0 Å². The molecule has 0 saturated carbocycles. The molecule has 1 atom stereocenters. The molecule has 242 valence electrons. The fraction of sp³-hybridized carbons (Fsp3) is 0.0278. The summed E-state index contributed by atoms with van der Waals surface area (Å²) in [5.74, 6) is -8.83. The zero-order chi connectivity index (χ0) is 34.2. The Morgan fingerprint density at radius 1 is 0.708 bits per heavy atom. The van der Waals surface area contributed by atoms with Gasteiger partial charge >= 0.3 is 0 Å². The predicted molar refractivity (Wildman–Crippen MR) is 178 cm³/mol. The fourth-order valence-electron chi connectivity index (χ4n) is 4.39. The molecule has 6 nitrogen and oxygen atoms in total. The van der Waals surface area contributed by atoms with E-state index >= 15 is 0 Å². The zero-order valence-corrected chi connectivity index (χ0v) is 26.2. The highest BCUT2D eigenvalue weighted by Crippen LogP contribution is 2.37. The molecule has 0 fully saturated rings. The Hall–Kier alpha value is -5.39. The van der Waals surface area contributed by atoms with Crippen molar-refractivity contribution < 1.29 is 31.9 Å². The van der Waals surface area contributed by atoms with E-state index in [-0.39, 0.29) is 11.8 Å². The minimum absolute atomic E-state index is 0.0429. The SMILES string of the molecule is O=C(Nc1ccc(SC(C(=O)Nc2c(F)c(F)cc(F)c2F)c2ccccc2)cc1)/C(=C/c1ccc(Cl)cc1)NC(=O)c1ccccc1. The summed E-state index contributed by atoms with van der Waals surface area (Å²) in [5.41, 5.74) is 0.466. The van der Waals surface area contributed by atoms with E-state index in [0.29, 0.717) is 32.3 Å². The summed E-state index contributed by atoms with van der Waals surface area (Å²) < 4.78 is 56.2. The maximum Gasteiger partial charge on any atom is 0.272 e. The van der Waals surface area contributed by atoms with Crippen LogP contribution in [0.2, 0.25) is 5.02 Å². The van der Waals surface area contributed by atoms with Gasteiger partial charge in [-0.1, -0.05) is 72.3 Å². The van der Waals surface area contributed by atoms with E-state index in [1.807, 2.05) is 5.32 Å². The maximum absolute atomic E-state index is 14.3. The van der Waals surface area contributed by atoms with Crippen LogP contribution in [0, 0.1) is 23.3 Å². The third-order valence-corrected chi connectivity index (χ3v) is 8.29. The van der Waals surface area contributed by atoms with Gasteiger partial charge < -0.3 is 16.0 Å². The molecule has 0 bridgehead atoms. The normalized spacial score (nSPS) is 11.8. The summed E-state index contributed by atoms with van der Waals surface area (Å²) >= 11 is 6.98. The Morgan fingerprint density at radius 2 is 1.29 bits per heavy atom. The molecule has 3 amide bonds. The standard InChI is InChI=1S/C36H24ClF4N3O3S/c37-24-13-11-21(12-14-24)19-29(43-34(45)23-9-5-2-6-10-23)35(46)42-25-15-17-26(18-16-25)48-33(22-7-3-1-4-8-22)36(47)44-32-30(40)27(38)20-28(39)31(32)41/h1-20,33H,(H,42,46)(H,43,45)(H,44,47)/b29-19-. The first-order valence-corrected chi connectivity index (χ1v) is 15.5. The minimum Gasteiger partial charge on any atom is -0.321 e. The highest BCUT2D eigenvalue weighted by atomic mass is 35.5. The number of carbonyl (C=O) groups is 3. The van der Waals surface area contributed by atoms with Gasteiger partial charge in [-0.2, -0.15) is 0 Å². The van der Waals surface area contributed by atoms with Crippen molar-refractivity contribution in [2.45, 2.75) is 10.1 Å². The third-order valence-electron chi connectivity index (χ3n) is 6.78. The van der Waals surface area contributed by atoms with Gasteiger partial charge in [-0.05, 0) is 65.7 Å². The molecule has 0 aliphatic heterocycles. The Kier molecular flexibility index (Phi) is 10.9. The molecule has 5 aromatic carbocycles. The first kappa shape index (κ1) is 34.0. The lowest BCUT2D eigenvalue weighted by Gasteiger charge is -2.18. The van der Waals surface area contributed by atoms with Crippen LogP contribution >= 0.6 is 23.4 Å². The molecule has 48 heavy (non-hydrogen) atoms. The molecule has 5 rings (SSSR count). The molecular formula is C36H24ClF4N3O3S. The lowest BCUT2D eigenvalue weighted by molar-refractivity contribution is -0.116. The van der Waals surface area contributed by atoms with Crippen LogP contribution in [0.1, 0.15) is 26.7 Å². The van der Waals surface area contributed by atoms with Gasteiger partial charge in [0.15, 0.2) is 23.3 Å². The van der Waals surface area contributed by atoms with Crippen molar-refractivity contribution in [2.75, 3.05) is 10.6 Å². The molecule has 0 heterocycles. The van der Waals surface area contributed by atoms with E-state index in [4.69, 9.17) is 11.6 Å². The van der Waals surface area contributed by atoms with Crippen molar-refractivity contribution in [3.63, 3.8) is 0 Å². The molecule has 0 aromatic heterocycles. The van der Waals surface area contributed by atoms with Crippen LogP contribution in [0.25, 0.3) is 6.08 Å². The monoisotopic (exact) mass is 689 g/mol. The second-order valence-corrected chi connectivity index (χ2v) is 11.8. The lowest BCUT2D eigenvalue weighted by Crippen LogP contribution is -2.30. The molecule has 1 unspecified atom stereocenters. The molecule has 0 saturated heterocycles. The highest BCUT2D eigenvalue weighted by Gasteiger charge is 2.27. The van der Waals surface area contributed by atoms with E-state index in [9.17, 15) is 31.9 Å². The van der Waals surface area contributed by atoms with Gasteiger partial charge in [0.1, 0.15) is 16.6 Å². The number of benzene rings is 5. The summed E-state index contributed by atoms with van der Waals surface area (Å²) in [7, 11) is 0. The van der Waals surface area contributed by atoms with Gasteiger partial charge in [-0.15, -0.1) is 11.8 Å². The maximum atomic E-state index is 14.3. The van der Waals surface area contributed by atoms with Gasteiger partial charge in [0.25, 0.3) is 11.8 Å². The summed E-state index contributed by atoms with van der Waals surface area (Å²) in [5, 5.41) is 6.76. The molecular weight excluding hydrogens is 666 g/mol. The van der Waals surface area contributed by atoms with Crippen molar-refractivity contribution in [3.8, 4) is 0 Å². The summed E-state index contributed by atoms with van der Waals surface area (Å²) in [6.45, 7) is 0. The number of hydrogen-bond acceptors (Lipinski definition) is 4. The molecule has 12 heteroatoms. The Balaban J connectivity index is 1.35. The van der Waals surface area contributed by atoms with E-state index in [1.165, 1.54) is 6.08 Å². The number of thioether (sulfide) groups is 1. The first-order chi connectivity index (χ1) is 23.1. The van der Waals surface area contributed by atoms with Crippen LogP contribution in [-0.4, -0.2) is 17.7 Å². The van der Waals surface area contributed by atoms with E-state index in [1.54, 1.807) is 109 Å². The van der Waals surface area contributed by atoms with Crippen molar-refractivity contribution in [1.82, 2.24) is 5.32 Å². The first-order valence-electron chi connectivity index (χ1n) is 14.2. The van der Waals surface area contributed by atoms with E-state index in [0.717, 1.165) is 11.8 Å². The number of halogens is 5. The Morgan fingerprint density at radius 3 is 1.90 bits per heavy atom. The zero-order valence-electron chi connectivity index (χ0n) is 24.6. The number of anilines is 2. The molecule has 5 aromatic rings. The number of amides is 3. The van der Waals surface area contributed by atoms with Gasteiger partial charge in [-0.25, -0.2) is 17.6 Å². The summed E-state index contributed by atoms with van der Waals surface area (Å²) in [4.78, 5) is 40.1. The topological polar surface area (TPSA) is 87.3 Å². The van der Waals surface area contributed by atoms with Gasteiger partial charge in [-0.3, -0.25) is 14.4 Å². The quantitative estimate of drug-likeness (QED) is 0.0592. The molecule has 0 aliphatic carbocycles. The molecule has 3 N–H and O–H groups in total. The largest absolute Gasteiger partial charge is 0.321 e. The average molecular weight is 690 g/mol. The third kappa shape index (κ3) is 8.49. The van der Waals surface area contributed by atoms with Crippen LogP contribution in [0.4, 0.5) is 28.9 Å².